The molecule has 0 bridgehead atoms. The summed E-state index contributed by atoms with van der Waals surface area (Å²) in [6, 6.07) is 5.22. The first-order valence-corrected chi connectivity index (χ1v) is 6.58. The van der Waals surface area contributed by atoms with Crippen LogP contribution < -0.4 is 20.1 Å². The van der Waals surface area contributed by atoms with Crippen LogP contribution in [0.25, 0.3) is 0 Å². The average Bonchev–Trinajstić information content (AvgIpc) is 3.08. The molecule has 1 atom stereocenters. The van der Waals surface area contributed by atoms with Gasteiger partial charge in [0.25, 0.3) is 0 Å². The third-order valence-electron chi connectivity index (χ3n) is 3.67. The molecule has 0 radical (unpaired) electrons. The second-order valence-electron chi connectivity index (χ2n) is 5.09. The molecule has 0 saturated heterocycles. The minimum Gasteiger partial charge on any atom is -0.454 e. The van der Waals surface area contributed by atoms with Gasteiger partial charge >= 0.3 is 0 Å². The van der Waals surface area contributed by atoms with Crippen LogP contribution in [0.4, 0.5) is 0 Å². The van der Waals surface area contributed by atoms with Crippen molar-refractivity contribution in [1.82, 2.24) is 10.6 Å². The van der Waals surface area contributed by atoms with Crippen molar-refractivity contribution < 1.29 is 9.47 Å². The molecule has 1 saturated carbocycles. The van der Waals surface area contributed by atoms with Crippen molar-refractivity contribution >= 4 is 0 Å². The SMILES string of the molecule is CNC(CNC1CC1)c1cc2c(cc1C)OCO2. The zero-order chi connectivity index (χ0) is 12.5. The van der Waals surface area contributed by atoms with Crippen molar-refractivity contribution in [1.29, 1.82) is 0 Å². The van der Waals surface area contributed by atoms with Gasteiger partial charge in [0.05, 0.1) is 0 Å². The first-order chi connectivity index (χ1) is 8.78. The van der Waals surface area contributed by atoms with Crippen LogP contribution in [-0.4, -0.2) is 26.4 Å². The van der Waals surface area contributed by atoms with Crippen molar-refractivity contribution in [3.63, 3.8) is 0 Å². The first kappa shape index (κ1) is 11.8. The quantitative estimate of drug-likeness (QED) is 0.833. The van der Waals surface area contributed by atoms with Gasteiger partial charge in [-0.25, -0.2) is 0 Å². The molecule has 98 valence electrons. The molecule has 18 heavy (non-hydrogen) atoms. The fraction of sp³-hybridized carbons (Fsp3) is 0.571. The topological polar surface area (TPSA) is 42.5 Å². The van der Waals surface area contributed by atoms with Crippen molar-refractivity contribution in [3.8, 4) is 11.5 Å². The molecule has 1 aromatic carbocycles. The number of nitrogens with one attached hydrogen (secondary N) is 2. The van der Waals surface area contributed by atoms with E-state index in [2.05, 4.69) is 29.7 Å². The Morgan fingerprint density at radius 3 is 2.67 bits per heavy atom. The highest BCUT2D eigenvalue weighted by Crippen LogP contribution is 2.36. The third-order valence-corrected chi connectivity index (χ3v) is 3.67. The summed E-state index contributed by atoms with van der Waals surface area (Å²) in [6.07, 6.45) is 2.63. The second kappa shape index (κ2) is 4.78. The van der Waals surface area contributed by atoms with Crippen molar-refractivity contribution in [2.45, 2.75) is 31.8 Å². The summed E-state index contributed by atoms with van der Waals surface area (Å²) in [5.41, 5.74) is 2.53. The van der Waals surface area contributed by atoms with Crippen LogP contribution >= 0.6 is 0 Å². The van der Waals surface area contributed by atoms with Gasteiger partial charge in [-0.2, -0.15) is 0 Å². The van der Waals surface area contributed by atoms with E-state index in [-0.39, 0.29) is 0 Å². The van der Waals surface area contributed by atoms with Crippen LogP contribution in [0.1, 0.15) is 30.0 Å². The lowest BCUT2D eigenvalue weighted by Crippen LogP contribution is -2.31. The molecule has 0 amide bonds. The standard InChI is InChI=1S/C14H20N2O2/c1-9-5-13-14(18-8-17-13)6-11(9)12(15-2)7-16-10-3-4-10/h5-6,10,12,15-16H,3-4,7-8H2,1-2H3. The van der Waals surface area contributed by atoms with E-state index in [4.69, 9.17) is 9.47 Å². The zero-order valence-corrected chi connectivity index (χ0v) is 11.0. The van der Waals surface area contributed by atoms with Gasteiger partial charge in [-0.15, -0.1) is 0 Å². The number of fused-ring (bicyclic) bond motifs is 1. The Bertz CT molecular complexity index is 444. The van der Waals surface area contributed by atoms with Gasteiger partial charge in [0.1, 0.15) is 0 Å². The number of ether oxygens (including phenoxy) is 2. The molecule has 1 heterocycles. The Hall–Kier alpha value is -1.26. The number of likely N-dealkylation sites (N-methyl/N-ethyl adjacent to an activating group) is 1. The summed E-state index contributed by atoms with van der Waals surface area (Å²) in [4.78, 5) is 0. The fourth-order valence-electron chi connectivity index (χ4n) is 2.37. The fourth-order valence-corrected chi connectivity index (χ4v) is 2.37. The van der Waals surface area contributed by atoms with Gasteiger partial charge in [0, 0.05) is 18.6 Å². The van der Waals surface area contributed by atoms with Crippen molar-refractivity contribution in [2.75, 3.05) is 20.4 Å². The molecule has 3 rings (SSSR count). The van der Waals surface area contributed by atoms with E-state index < -0.39 is 0 Å². The van der Waals surface area contributed by atoms with E-state index in [0.29, 0.717) is 12.8 Å². The molecule has 1 aromatic rings. The third kappa shape index (κ3) is 2.31. The van der Waals surface area contributed by atoms with E-state index in [1.165, 1.54) is 24.0 Å². The number of hydrogen-bond donors (Lipinski definition) is 2. The highest BCUT2D eigenvalue weighted by molar-refractivity contribution is 5.49. The summed E-state index contributed by atoms with van der Waals surface area (Å²) in [6.45, 7) is 3.42. The van der Waals surface area contributed by atoms with E-state index in [0.717, 1.165) is 24.1 Å². The predicted octanol–water partition coefficient (Wildman–Crippen LogP) is 1.74. The van der Waals surface area contributed by atoms with E-state index in [1.807, 2.05) is 7.05 Å². The summed E-state index contributed by atoms with van der Waals surface area (Å²) in [5.74, 6) is 1.73. The first-order valence-electron chi connectivity index (χ1n) is 6.58. The summed E-state index contributed by atoms with van der Waals surface area (Å²) >= 11 is 0. The molecule has 1 unspecified atom stereocenters. The number of rotatable bonds is 5. The largest absolute Gasteiger partial charge is 0.454 e. The average molecular weight is 248 g/mol. The second-order valence-corrected chi connectivity index (χ2v) is 5.09. The van der Waals surface area contributed by atoms with Gasteiger partial charge in [0.15, 0.2) is 11.5 Å². The predicted molar refractivity (Wildman–Crippen MR) is 70.1 cm³/mol. The van der Waals surface area contributed by atoms with Crippen LogP contribution in [0.2, 0.25) is 0 Å². The molecule has 4 heteroatoms. The van der Waals surface area contributed by atoms with Crippen LogP contribution in [0.5, 0.6) is 11.5 Å². The van der Waals surface area contributed by atoms with Gasteiger partial charge in [-0.1, -0.05) is 0 Å². The summed E-state index contributed by atoms with van der Waals surface area (Å²) in [5, 5.41) is 6.94. The highest BCUT2D eigenvalue weighted by atomic mass is 16.7. The lowest BCUT2D eigenvalue weighted by molar-refractivity contribution is 0.174. The van der Waals surface area contributed by atoms with Crippen LogP contribution in [0.15, 0.2) is 12.1 Å². The molecular weight excluding hydrogens is 228 g/mol. The van der Waals surface area contributed by atoms with Crippen LogP contribution in [0, 0.1) is 6.92 Å². The maximum atomic E-state index is 5.46. The molecular formula is C14H20N2O2. The molecule has 1 fully saturated rings. The smallest absolute Gasteiger partial charge is 0.231 e. The minimum atomic E-state index is 0.320. The Morgan fingerprint density at radius 2 is 2.00 bits per heavy atom. The van der Waals surface area contributed by atoms with Gasteiger partial charge < -0.3 is 20.1 Å². The van der Waals surface area contributed by atoms with Crippen molar-refractivity contribution in [2.24, 2.45) is 0 Å². The molecule has 2 N–H and O–H groups in total. The zero-order valence-electron chi connectivity index (χ0n) is 11.0. The lowest BCUT2D eigenvalue weighted by atomic mass is 10.0. The van der Waals surface area contributed by atoms with Crippen LogP contribution in [-0.2, 0) is 0 Å². The normalized spacial score (nSPS) is 19.0. The Labute approximate surface area is 108 Å². The van der Waals surface area contributed by atoms with Crippen molar-refractivity contribution in [3.05, 3.63) is 23.3 Å². The molecule has 1 aliphatic carbocycles. The Balaban J connectivity index is 1.79. The van der Waals surface area contributed by atoms with Crippen LogP contribution in [0.3, 0.4) is 0 Å². The molecule has 0 spiro atoms. The molecule has 1 aliphatic heterocycles. The Kier molecular flexibility index (Phi) is 3.14. The molecule has 0 aromatic heterocycles. The molecule has 2 aliphatic rings. The van der Waals surface area contributed by atoms with E-state index >= 15 is 0 Å². The number of benzene rings is 1. The van der Waals surface area contributed by atoms with E-state index in [1.54, 1.807) is 0 Å². The van der Waals surface area contributed by atoms with Gasteiger partial charge in [0.2, 0.25) is 6.79 Å². The monoisotopic (exact) mass is 248 g/mol. The number of aryl methyl sites for hydroxylation is 1. The lowest BCUT2D eigenvalue weighted by Gasteiger charge is -2.20. The highest BCUT2D eigenvalue weighted by Gasteiger charge is 2.24. The van der Waals surface area contributed by atoms with Gasteiger partial charge in [-0.3, -0.25) is 0 Å². The van der Waals surface area contributed by atoms with E-state index in [9.17, 15) is 0 Å². The molecule has 4 nitrogen and oxygen atoms in total. The Morgan fingerprint density at radius 1 is 1.28 bits per heavy atom. The summed E-state index contributed by atoms with van der Waals surface area (Å²) in [7, 11) is 2.00. The minimum absolute atomic E-state index is 0.320. The maximum Gasteiger partial charge on any atom is 0.231 e. The number of hydrogen-bond acceptors (Lipinski definition) is 4. The summed E-state index contributed by atoms with van der Waals surface area (Å²) < 4.78 is 10.9. The van der Waals surface area contributed by atoms with Gasteiger partial charge in [-0.05, 0) is 50.1 Å². The maximum absolute atomic E-state index is 5.46.